The fraction of sp³-hybridized carbons (Fsp3) is 0.500. The number of rotatable bonds is 5. The molecular weight excluding hydrogens is 222 g/mol. The van der Waals surface area contributed by atoms with Crippen LogP contribution < -0.4 is 10.1 Å². The van der Waals surface area contributed by atoms with Crippen molar-refractivity contribution in [1.29, 1.82) is 0 Å². The average molecular weight is 247 g/mol. The molecule has 0 fully saturated rings. The number of benzene rings is 1. The van der Waals surface area contributed by atoms with Crippen molar-refractivity contribution >= 4 is 0 Å². The maximum Gasteiger partial charge on any atom is 0.124 e. The van der Waals surface area contributed by atoms with Gasteiger partial charge in [-0.25, -0.2) is 0 Å². The molecule has 0 radical (unpaired) electrons. The zero-order valence-corrected chi connectivity index (χ0v) is 12.2. The van der Waals surface area contributed by atoms with Gasteiger partial charge in [0.05, 0.1) is 0 Å². The maximum atomic E-state index is 5.86. The van der Waals surface area contributed by atoms with Crippen LogP contribution in [0, 0.1) is 6.92 Å². The summed E-state index contributed by atoms with van der Waals surface area (Å²) in [7, 11) is 0. The highest BCUT2D eigenvalue weighted by molar-refractivity contribution is 5.37. The first-order valence-corrected chi connectivity index (χ1v) is 6.45. The van der Waals surface area contributed by atoms with Crippen molar-refractivity contribution in [3.63, 3.8) is 0 Å². The van der Waals surface area contributed by atoms with Crippen molar-refractivity contribution < 1.29 is 4.74 Å². The van der Waals surface area contributed by atoms with Crippen molar-refractivity contribution in [2.75, 3.05) is 0 Å². The Kier molecular flexibility index (Phi) is 4.97. The molecule has 0 aliphatic heterocycles. The van der Waals surface area contributed by atoms with E-state index in [1.54, 1.807) is 6.08 Å². The van der Waals surface area contributed by atoms with Gasteiger partial charge in [-0.2, -0.15) is 0 Å². The lowest BCUT2D eigenvalue weighted by molar-refractivity contribution is 0.265. The van der Waals surface area contributed by atoms with Crippen LogP contribution in [0.3, 0.4) is 0 Å². The first-order chi connectivity index (χ1) is 8.31. The van der Waals surface area contributed by atoms with Crippen LogP contribution in [0.1, 0.15) is 38.8 Å². The van der Waals surface area contributed by atoms with Gasteiger partial charge in [0.15, 0.2) is 0 Å². The van der Waals surface area contributed by atoms with E-state index in [2.05, 4.69) is 51.7 Å². The predicted octanol–water partition coefficient (Wildman–Crippen LogP) is 3.84. The summed E-state index contributed by atoms with van der Waals surface area (Å²) in [6.45, 7) is 15.1. The molecule has 0 heterocycles. The van der Waals surface area contributed by atoms with Gasteiger partial charge in [-0.05, 0) is 40.7 Å². The molecule has 1 atom stereocenters. The zero-order valence-electron chi connectivity index (χ0n) is 12.2. The van der Waals surface area contributed by atoms with E-state index >= 15 is 0 Å². The molecule has 0 aliphatic carbocycles. The Balaban J connectivity index is 2.86. The molecule has 0 saturated carbocycles. The molecule has 0 aromatic heterocycles. The Bertz CT molecular complexity index is 404. The highest BCUT2D eigenvalue weighted by atomic mass is 16.5. The molecule has 1 aromatic carbocycles. The van der Waals surface area contributed by atoms with Crippen LogP contribution >= 0.6 is 0 Å². The van der Waals surface area contributed by atoms with Gasteiger partial charge >= 0.3 is 0 Å². The zero-order chi connectivity index (χ0) is 13.8. The van der Waals surface area contributed by atoms with E-state index in [0.717, 1.165) is 12.3 Å². The Hall–Kier alpha value is -1.28. The standard InChI is InChI=1S/C16H25NO/c1-7-13(3)18-15-9-8-12(2)10-14(15)11-17-16(4,5)6/h7-10,13,17H,1,11H2,2-6H3. The Labute approximate surface area is 111 Å². The molecule has 1 unspecified atom stereocenters. The summed E-state index contributed by atoms with van der Waals surface area (Å²) in [6, 6.07) is 6.28. The van der Waals surface area contributed by atoms with Crippen LogP contribution in [0.5, 0.6) is 5.75 Å². The summed E-state index contributed by atoms with van der Waals surface area (Å²) in [5, 5.41) is 3.49. The molecule has 1 rings (SSSR count). The van der Waals surface area contributed by atoms with Crippen molar-refractivity contribution in [3.05, 3.63) is 42.0 Å². The van der Waals surface area contributed by atoms with E-state index in [9.17, 15) is 0 Å². The minimum absolute atomic E-state index is 0.0288. The molecule has 0 aliphatic rings. The molecule has 2 nitrogen and oxygen atoms in total. The molecule has 0 spiro atoms. The highest BCUT2D eigenvalue weighted by Crippen LogP contribution is 2.22. The van der Waals surface area contributed by atoms with E-state index in [4.69, 9.17) is 4.74 Å². The van der Waals surface area contributed by atoms with Gasteiger partial charge in [-0.3, -0.25) is 0 Å². The maximum absolute atomic E-state index is 5.86. The van der Waals surface area contributed by atoms with Crippen molar-refractivity contribution in [3.8, 4) is 5.75 Å². The molecule has 0 bridgehead atoms. The molecule has 100 valence electrons. The number of nitrogens with one attached hydrogen (secondary N) is 1. The number of aryl methyl sites for hydroxylation is 1. The average Bonchev–Trinajstić information content (AvgIpc) is 2.28. The summed E-state index contributed by atoms with van der Waals surface area (Å²) in [5.74, 6) is 0.935. The van der Waals surface area contributed by atoms with Crippen molar-refractivity contribution in [2.24, 2.45) is 0 Å². The first kappa shape index (κ1) is 14.8. The van der Waals surface area contributed by atoms with Crippen LogP contribution in [0.15, 0.2) is 30.9 Å². The minimum Gasteiger partial charge on any atom is -0.486 e. The smallest absolute Gasteiger partial charge is 0.124 e. The van der Waals surface area contributed by atoms with Crippen molar-refractivity contribution in [2.45, 2.75) is 52.8 Å². The first-order valence-electron chi connectivity index (χ1n) is 6.45. The lowest BCUT2D eigenvalue weighted by Gasteiger charge is -2.22. The second-order valence-corrected chi connectivity index (χ2v) is 5.77. The van der Waals surface area contributed by atoms with Crippen LogP contribution in [0.4, 0.5) is 0 Å². The molecule has 18 heavy (non-hydrogen) atoms. The quantitative estimate of drug-likeness (QED) is 0.798. The second kappa shape index (κ2) is 6.05. The summed E-state index contributed by atoms with van der Waals surface area (Å²) in [6.07, 6.45) is 1.84. The molecule has 2 heteroatoms. The van der Waals surface area contributed by atoms with Crippen LogP contribution in [-0.2, 0) is 6.54 Å². The van der Waals surface area contributed by atoms with Crippen LogP contribution in [0.2, 0.25) is 0 Å². The predicted molar refractivity (Wildman–Crippen MR) is 78.1 cm³/mol. The van der Waals surface area contributed by atoms with Gasteiger partial charge in [0, 0.05) is 17.6 Å². The third-order valence-electron chi connectivity index (χ3n) is 2.67. The van der Waals surface area contributed by atoms with E-state index in [1.165, 1.54) is 11.1 Å². The third kappa shape index (κ3) is 4.92. The van der Waals surface area contributed by atoms with Crippen molar-refractivity contribution in [1.82, 2.24) is 5.32 Å². The third-order valence-corrected chi connectivity index (χ3v) is 2.67. The summed E-state index contributed by atoms with van der Waals surface area (Å²) < 4.78 is 5.86. The minimum atomic E-state index is 0.0288. The second-order valence-electron chi connectivity index (χ2n) is 5.77. The van der Waals surface area contributed by atoms with E-state index in [-0.39, 0.29) is 11.6 Å². The van der Waals surface area contributed by atoms with E-state index < -0.39 is 0 Å². The number of hydrogen-bond acceptors (Lipinski definition) is 2. The van der Waals surface area contributed by atoms with Gasteiger partial charge in [0.1, 0.15) is 11.9 Å². The van der Waals surface area contributed by atoms with Crippen LogP contribution in [-0.4, -0.2) is 11.6 Å². The van der Waals surface area contributed by atoms with Crippen LogP contribution in [0.25, 0.3) is 0 Å². The molecule has 0 amide bonds. The summed E-state index contributed by atoms with van der Waals surface area (Å²) in [5.41, 5.74) is 2.54. The lowest BCUT2D eigenvalue weighted by Crippen LogP contribution is -2.35. The SMILES string of the molecule is C=CC(C)Oc1ccc(C)cc1CNC(C)(C)C. The fourth-order valence-corrected chi connectivity index (χ4v) is 1.57. The normalized spacial score (nSPS) is 13.2. The molecule has 1 N–H and O–H groups in total. The van der Waals surface area contributed by atoms with E-state index in [0.29, 0.717) is 0 Å². The largest absolute Gasteiger partial charge is 0.486 e. The monoisotopic (exact) mass is 247 g/mol. The number of hydrogen-bond donors (Lipinski definition) is 1. The summed E-state index contributed by atoms with van der Waals surface area (Å²) in [4.78, 5) is 0. The Morgan fingerprint density at radius 3 is 2.61 bits per heavy atom. The topological polar surface area (TPSA) is 21.3 Å². The molecular formula is C16H25NO. The Morgan fingerprint density at radius 2 is 2.06 bits per heavy atom. The number of ether oxygens (including phenoxy) is 1. The molecule has 1 aromatic rings. The van der Waals surface area contributed by atoms with Gasteiger partial charge < -0.3 is 10.1 Å². The summed E-state index contributed by atoms with van der Waals surface area (Å²) >= 11 is 0. The molecule has 0 saturated heterocycles. The highest BCUT2D eigenvalue weighted by Gasteiger charge is 2.12. The fourth-order valence-electron chi connectivity index (χ4n) is 1.57. The van der Waals surface area contributed by atoms with Gasteiger partial charge in [-0.15, -0.1) is 0 Å². The van der Waals surface area contributed by atoms with Gasteiger partial charge in [0.25, 0.3) is 0 Å². The van der Waals surface area contributed by atoms with Gasteiger partial charge in [-0.1, -0.05) is 30.4 Å². The lowest BCUT2D eigenvalue weighted by atomic mass is 10.1. The van der Waals surface area contributed by atoms with Gasteiger partial charge in [0.2, 0.25) is 0 Å². The van der Waals surface area contributed by atoms with E-state index in [1.807, 2.05) is 13.0 Å². The Morgan fingerprint density at radius 1 is 1.39 bits per heavy atom.